The fraction of sp³-hybridized carbons (Fsp3) is 0.190. The van der Waals surface area contributed by atoms with Crippen LogP contribution >= 0.6 is 0 Å². The largest absolute Gasteiger partial charge is 0.508 e. The number of hydrogen-bond acceptors (Lipinski definition) is 5. The number of pyridine rings is 1. The first-order valence-electron chi connectivity index (χ1n) is 8.65. The van der Waals surface area contributed by atoms with Crippen LogP contribution in [0, 0.1) is 0 Å². The Bertz CT molecular complexity index is 857. The lowest BCUT2D eigenvalue weighted by Crippen LogP contribution is -2.36. The van der Waals surface area contributed by atoms with Crippen LogP contribution in [0.5, 0.6) is 17.4 Å². The molecule has 1 aromatic heterocycles. The molecule has 5 heteroatoms. The number of benzene rings is 2. The molecule has 1 aliphatic heterocycles. The van der Waals surface area contributed by atoms with Crippen molar-refractivity contribution in [2.45, 2.75) is 0 Å². The van der Waals surface area contributed by atoms with Gasteiger partial charge in [0.05, 0.1) is 18.9 Å². The number of morpholine rings is 1. The Kier molecular flexibility index (Phi) is 4.71. The van der Waals surface area contributed by atoms with E-state index in [-0.39, 0.29) is 5.75 Å². The van der Waals surface area contributed by atoms with Gasteiger partial charge >= 0.3 is 0 Å². The van der Waals surface area contributed by atoms with Crippen molar-refractivity contribution in [3.05, 3.63) is 66.9 Å². The highest BCUT2D eigenvalue weighted by Crippen LogP contribution is 2.32. The van der Waals surface area contributed by atoms with Crippen LogP contribution in [0.2, 0.25) is 0 Å². The summed E-state index contributed by atoms with van der Waals surface area (Å²) >= 11 is 0. The molecule has 1 N–H and O–H groups in total. The second kappa shape index (κ2) is 7.45. The lowest BCUT2D eigenvalue weighted by molar-refractivity contribution is 0.122. The Labute approximate surface area is 152 Å². The number of aromatic nitrogens is 1. The normalized spacial score (nSPS) is 14.2. The van der Waals surface area contributed by atoms with E-state index in [1.165, 1.54) is 0 Å². The maximum Gasteiger partial charge on any atom is 0.219 e. The van der Waals surface area contributed by atoms with Gasteiger partial charge in [-0.25, -0.2) is 4.98 Å². The number of ether oxygens (including phenoxy) is 2. The summed E-state index contributed by atoms with van der Waals surface area (Å²) in [5.41, 5.74) is 3.02. The number of hydrogen-bond donors (Lipinski definition) is 1. The van der Waals surface area contributed by atoms with Gasteiger partial charge in [0.25, 0.3) is 0 Å². The summed E-state index contributed by atoms with van der Waals surface area (Å²) in [4.78, 5) is 6.70. The van der Waals surface area contributed by atoms with E-state index < -0.39 is 0 Å². The molecule has 4 rings (SSSR count). The summed E-state index contributed by atoms with van der Waals surface area (Å²) < 4.78 is 11.5. The molecule has 0 spiro atoms. The summed E-state index contributed by atoms with van der Waals surface area (Å²) in [7, 11) is 0. The van der Waals surface area contributed by atoms with Crippen LogP contribution in [0.15, 0.2) is 66.9 Å². The Morgan fingerprint density at radius 2 is 1.62 bits per heavy atom. The fourth-order valence-electron chi connectivity index (χ4n) is 2.99. The van der Waals surface area contributed by atoms with Crippen molar-refractivity contribution >= 4 is 5.69 Å². The third kappa shape index (κ3) is 3.63. The third-order valence-electron chi connectivity index (χ3n) is 4.37. The molecule has 3 aromatic rings. The van der Waals surface area contributed by atoms with Crippen molar-refractivity contribution in [3.63, 3.8) is 0 Å². The molecule has 2 heterocycles. The summed E-state index contributed by atoms with van der Waals surface area (Å²) in [5.74, 6) is 1.59. The van der Waals surface area contributed by atoms with E-state index >= 15 is 0 Å². The van der Waals surface area contributed by atoms with E-state index in [0.717, 1.165) is 48.9 Å². The summed E-state index contributed by atoms with van der Waals surface area (Å²) in [6.45, 7) is 3.17. The molecule has 0 saturated carbocycles. The zero-order valence-corrected chi connectivity index (χ0v) is 14.3. The molecule has 0 radical (unpaired) electrons. The number of phenolic OH excluding ortho intramolecular Hbond substituents is 1. The number of para-hydroxylation sites is 2. The van der Waals surface area contributed by atoms with Gasteiger partial charge in [0.2, 0.25) is 5.88 Å². The van der Waals surface area contributed by atoms with Gasteiger partial charge in [0, 0.05) is 30.9 Å². The first-order valence-corrected chi connectivity index (χ1v) is 8.65. The van der Waals surface area contributed by atoms with Gasteiger partial charge in [-0.1, -0.05) is 24.3 Å². The second-order valence-corrected chi connectivity index (χ2v) is 6.10. The number of rotatable bonds is 4. The molecule has 1 aliphatic rings. The van der Waals surface area contributed by atoms with Gasteiger partial charge < -0.3 is 19.5 Å². The number of anilines is 1. The molecule has 1 fully saturated rings. The van der Waals surface area contributed by atoms with Crippen LogP contribution in [0.25, 0.3) is 11.1 Å². The molecule has 2 aromatic carbocycles. The number of aromatic hydroxyl groups is 1. The minimum absolute atomic E-state index is 0.251. The van der Waals surface area contributed by atoms with Gasteiger partial charge in [0.15, 0.2) is 5.75 Å². The van der Waals surface area contributed by atoms with Crippen LogP contribution < -0.4 is 9.64 Å². The van der Waals surface area contributed by atoms with Crippen molar-refractivity contribution in [1.29, 1.82) is 0 Å². The van der Waals surface area contributed by atoms with Crippen LogP contribution in [0.3, 0.4) is 0 Å². The minimum Gasteiger partial charge on any atom is -0.508 e. The van der Waals surface area contributed by atoms with E-state index in [1.54, 1.807) is 18.3 Å². The maximum absolute atomic E-state index is 9.40. The molecule has 0 bridgehead atoms. The van der Waals surface area contributed by atoms with Gasteiger partial charge in [0.1, 0.15) is 5.75 Å². The summed E-state index contributed by atoms with van der Waals surface area (Å²) in [6.07, 6.45) is 1.78. The van der Waals surface area contributed by atoms with Gasteiger partial charge in [-0.15, -0.1) is 0 Å². The number of nitrogens with zero attached hydrogens (tertiary/aromatic N) is 2. The van der Waals surface area contributed by atoms with Crippen molar-refractivity contribution in [1.82, 2.24) is 4.98 Å². The van der Waals surface area contributed by atoms with Gasteiger partial charge in [-0.05, 0) is 35.9 Å². The molecular weight excluding hydrogens is 328 g/mol. The Morgan fingerprint density at radius 1 is 0.885 bits per heavy atom. The topological polar surface area (TPSA) is 54.8 Å². The molecular formula is C21H20N2O3. The standard InChI is InChI=1S/C21H20N2O3/c24-18-8-5-16(6-9-18)17-7-10-21(22-15-17)26-20-4-2-1-3-19(20)23-11-13-25-14-12-23/h1-10,15,24H,11-14H2. The van der Waals surface area contributed by atoms with Gasteiger partial charge in [-0.2, -0.15) is 0 Å². The molecule has 0 aliphatic carbocycles. The van der Waals surface area contributed by atoms with E-state index in [0.29, 0.717) is 5.88 Å². The predicted octanol–water partition coefficient (Wildman–Crippen LogP) is 4.08. The molecule has 1 saturated heterocycles. The van der Waals surface area contributed by atoms with E-state index in [1.807, 2.05) is 42.5 Å². The van der Waals surface area contributed by atoms with Crippen LogP contribution in [0.4, 0.5) is 5.69 Å². The predicted molar refractivity (Wildman–Crippen MR) is 101 cm³/mol. The average molecular weight is 348 g/mol. The monoisotopic (exact) mass is 348 g/mol. The van der Waals surface area contributed by atoms with Crippen LogP contribution in [-0.2, 0) is 4.74 Å². The lowest BCUT2D eigenvalue weighted by Gasteiger charge is -2.30. The first-order chi connectivity index (χ1) is 12.8. The van der Waals surface area contributed by atoms with Gasteiger partial charge in [-0.3, -0.25) is 0 Å². The molecule has 0 unspecified atom stereocenters. The molecule has 0 amide bonds. The highest BCUT2D eigenvalue weighted by Gasteiger charge is 2.16. The van der Waals surface area contributed by atoms with Crippen LogP contribution in [-0.4, -0.2) is 36.4 Å². The van der Waals surface area contributed by atoms with Crippen molar-refractivity contribution in [3.8, 4) is 28.5 Å². The summed E-state index contributed by atoms with van der Waals surface area (Å²) in [6, 6.07) is 18.9. The first kappa shape index (κ1) is 16.4. The Hall–Kier alpha value is -3.05. The average Bonchev–Trinajstić information content (AvgIpc) is 2.70. The zero-order chi connectivity index (χ0) is 17.8. The summed E-state index contributed by atoms with van der Waals surface area (Å²) in [5, 5.41) is 9.40. The fourth-order valence-corrected chi connectivity index (χ4v) is 2.99. The van der Waals surface area contributed by atoms with Crippen molar-refractivity contribution < 1.29 is 14.6 Å². The van der Waals surface area contributed by atoms with Crippen LogP contribution in [0.1, 0.15) is 0 Å². The molecule has 0 atom stereocenters. The highest BCUT2D eigenvalue weighted by atomic mass is 16.5. The smallest absolute Gasteiger partial charge is 0.219 e. The highest BCUT2D eigenvalue weighted by molar-refractivity contribution is 5.64. The van der Waals surface area contributed by atoms with Crippen molar-refractivity contribution in [2.75, 3.05) is 31.2 Å². The third-order valence-corrected chi connectivity index (χ3v) is 4.37. The zero-order valence-electron chi connectivity index (χ0n) is 14.3. The Morgan fingerprint density at radius 3 is 2.35 bits per heavy atom. The minimum atomic E-state index is 0.251. The van der Waals surface area contributed by atoms with E-state index in [4.69, 9.17) is 9.47 Å². The number of phenols is 1. The van der Waals surface area contributed by atoms with E-state index in [9.17, 15) is 5.11 Å². The molecule has 132 valence electrons. The maximum atomic E-state index is 9.40. The Balaban J connectivity index is 1.53. The van der Waals surface area contributed by atoms with Crippen molar-refractivity contribution in [2.24, 2.45) is 0 Å². The lowest BCUT2D eigenvalue weighted by atomic mass is 10.1. The second-order valence-electron chi connectivity index (χ2n) is 6.10. The van der Waals surface area contributed by atoms with E-state index in [2.05, 4.69) is 16.0 Å². The SMILES string of the molecule is Oc1ccc(-c2ccc(Oc3ccccc3N3CCOCC3)nc2)cc1. The molecule has 5 nitrogen and oxygen atoms in total. The molecule has 26 heavy (non-hydrogen) atoms. The quantitative estimate of drug-likeness (QED) is 0.770.